The van der Waals surface area contributed by atoms with E-state index in [4.69, 9.17) is 4.74 Å². The van der Waals surface area contributed by atoms with Gasteiger partial charge in [0.25, 0.3) is 5.92 Å². The molecule has 0 bridgehead atoms. The number of rotatable bonds is 5. The first-order valence-electron chi connectivity index (χ1n) is 5.74. The fourth-order valence-corrected chi connectivity index (χ4v) is 1.86. The molecular formula is C13H17F2NO. The number of hydrogen-bond donors (Lipinski definition) is 1. The molecule has 0 aromatic heterocycles. The van der Waals surface area contributed by atoms with Crippen LogP contribution < -0.4 is 5.32 Å². The van der Waals surface area contributed by atoms with Gasteiger partial charge in [-0.15, -0.1) is 0 Å². The fourth-order valence-electron chi connectivity index (χ4n) is 1.86. The van der Waals surface area contributed by atoms with E-state index in [-0.39, 0.29) is 17.5 Å². The fraction of sp³-hybridized carbons (Fsp3) is 0.538. The average Bonchev–Trinajstić information content (AvgIpc) is 2.28. The van der Waals surface area contributed by atoms with Crippen molar-refractivity contribution in [1.29, 1.82) is 0 Å². The maximum Gasteiger partial charge on any atom is 0.285 e. The van der Waals surface area contributed by atoms with E-state index in [1.54, 1.807) is 18.2 Å². The molecule has 2 rings (SSSR count). The van der Waals surface area contributed by atoms with Crippen LogP contribution in [0.1, 0.15) is 12.5 Å². The number of benzene rings is 1. The SMILES string of the molecule is CC1(CNCC(F)(F)c2ccccc2)COC1. The van der Waals surface area contributed by atoms with Crippen molar-refractivity contribution in [2.45, 2.75) is 12.8 Å². The van der Waals surface area contributed by atoms with Crippen molar-refractivity contribution in [3.8, 4) is 0 Å². The van der Waals surface area contributed by atoms with Gasteiger partial charge in [-0.05, 0) is 0 Å². The molecule has 0 saturated carbocycles. The second kappa shape index (κ2) is 4.70. The molecule has 1 aliphatic heterocycles. The van der Waals surface area contributed by atoms with Crippen LogP contribution in [0, 0.1) is 5.41 Å². The van der Waals surface area contributed by atoms with Crippen molar-refractivity contribution in [1.82, 2.24) is 5.32 Å². The van der Waals surface area contributed by atoms with E-state index in [0.717, 1.165) is 0 Å². The van der Waals surface area contributed by atoms with Gasteiger partial charge in [0.05, 0.1) is 19.8 Å². The lowest BCUT2D eigenvalue weighted by molar-refractivity contribution is -0.102. The normalized spacial score (nSPS) is 18.8. The monoisotopic (exact) mass is 241 g/mol. The van der Waals surface area contributed by atoms with E-state index in [1.807, 2.05) is 6.92 Å². The van der Waals surface area contributed by atoms with Gasteiger partial charge < -0.3 is 10.1 Å². The van der Waals surface area contributed by atoms with E-state index in [9.17, 15) is 8.78 Å². The lowest BCUT2D eigenvalue weighted by atomic mass is 9.88. The molecule has 2 nitrogen and oxygen atoms in total. The summed E-state index contributed by atoms with van der Waals surface area (Å²) >= 11 is 0. The Labute approximate surface area is 100.0 Å². The standard InChI is InChI=1S/C13H17F2NO/c1-12(9-17-10-12)7-16-8-13(14,15)11-5-3-2-4-6-11/h2-6,16H,7-10H2,1H3. The highest BCUT2D eigenvalue weighted by atomic mass is 19.3. The molecular weight excluding hydrogens is 224 g/mol. The first-order valence-corrected chi connectivity index (χ1v) is 5.74. The lowest BCUT2D eigenvalue weighted by Crippen LogP contribution is -2.48. The van der Waals surface area contributed by atoms with Crippen LogP contribution in [-0.4, -0.2) is 26.3 Å². The quantitative estimate of drug-likeness (QED) is 0.854. The van der Waals surface area contributed by atoms with Gasteiger partial charge in [0.2, 0.25) is 0 Å². The largest absolute Gasteiger partial charge is 0.380 e. The molecule has 1 saturated heterocycles. The molecule has 1 heterocycles. The molecule has 0 aliphatic carbocycles. The summed E-state index contributed by atoms with van der Waals surface area (Å²) in [6.07, 6.45) is 0. The Morgan fingerprint density at radius 3 is 2.47 bits per heavy atom. The van der Waals surface area contributed by atoms with E-state index in [2.05, 4.69) is 5.32 Å². The zero-order valence-electron chi connectivity index (χ0n) is 9.88. The van der Waals surface area contributed by atoms with Crippen molar-refractivity contribution in [3.05, 3.63) is 35.9 Å². The van der Waals surface area contributed by atoms with Crippen LogP contribution in [0.2, 0.25) is 0 Å². The van der Waals surface area contributed by atoms with Crippen LogP contribution in [0.5, 0.6) is 0 Å². The summed E-state index contributed by atoms with van der Waals surface area (Å²) in [6.45, 7) is 3.57. The minimum Gasteiger partial charge on any atom is -0.380 e. The number of hydrogen-bond acceptors (Lipinski definition) is 2. The van der Waals surface area contributed by atoms with E-state index in [1.165, 1.54) is 12.1 Å². The highest BCUT2D eigenvalue weighted by Crippen LogP contribution is 2.28. The maximum atomic E-state index is 13.8. The third-order valence-electron chi connectivity index (χ3n) is 3.00. The highest BCUT2D eigenvalue weighted by molar-refractivity contribution is 5.20. The van der Waals surface area contributed by atoms with Crippen LogP contribution >= 0.6 is 0 Å². The Morgan fingerprint density at radius 1 is 1.29 bits per heavy atom. The topological polar surface area (TPSA) is 21.3 Å². The Morgan fingerprint density at radius 2 is 1.94 bits per heavy atom. The second-order valence-electron chi connectivity index (χ2n) is 4.98. The smallest absolute Gasteiger partial charge is 0.285 e. The molecule has 0 radical (unpaired) electrons. The predicted molar refractivity (Wildman–Crippen MR) is 62.1 cm³/mol. The van der Waals surface area contributed by atoms with Crippen molar-refractivity contribution in [2.24, 2.45) is 5.41 Å². The average molecular weight is 241 g/mol. The molecule has 17 heavy (non-hydrogen) atoms. The van der Waals surface area contributed by atoms with E-state index >= 15 is 0 Å². The van der Waals surface area contributed by atoms with Gasteiger partial charge >= 0.3 is 0 Å². The number of ether oxygens (including phenoxy) is 1. The summed E-state index contributed by atoms with van der Waals surface area (Å²) in [5.41, 5.74) is 0.0785. The van der Waals surface area contributed by atoms with Gasteiger partial charge in [-0.1, -0.05) is 37.3 Å². The number of alkyl halides is 2. The van der Waals surface area contributed by atoms with E-state index < -0.39 is 5.92 Å². The van der Waals surface area contributed by atoms with Crippen LogP contribution in [0.3, 0.4) is 0 Å². The molecule has 1 aromatic rings. The van der Waals surface area contributed by atoms with Crippen molar-refractivity contribution < 1.29 is 13.5 Å². The number of nitrogens with one attached hydrogen (secondary N) is 1. The van der Waals surface area contributed by atoms with Crippen LogP contribution in [-0.2, 0) is 10.7 Å². The van der Waals surface area contributed by atoms with Crippen molar-refractivity contribution in [2.75, 3.05) is 26.3 Å². The molecule has 0 amide bonds. The minimum absolute atomic E-state index is 0.0206. The van der Waals surface area contributed by atoms with Gasteiger partial charge in [-0.3, -0.25) is 0 Å². The molecule has 0 unspecified atom stereocenters. The molecule has 1 aliphatic rings. The Bertz CT molecular complexity index is 363. The summed E-state index contributed by atoms with van der Waals surface area (Å²) in [4.78, 5) is 0. The van der Waals surface area contributed by atoms with Crippen molar-refractivity contribution in [3.63, 3.8) is 0 Å². The first-order chi connectivity index (χ1) is 8.02. The van der Waals surface area contributed by atoms with Gasteiger partial charge in [-0.2, -0.15) is 8.78 Å². The Kier molecular flexibility index (Phi) is 3.45. The highest BCUT2D eigenvalue weighted by Gasteiger charge is 2.35. The summed E-state index contributed by atoms with van der Waals surface area (Å²) in [6, 6.07) is 7.90. The molecule has 0 atom stereocenters. The van der Waals surface area contributed by atoms with Gasteiger partial charge in [0, 0.05) is 17.5 Å². The minimum atomic E-state index is -2.82. The third kappa shape index (κ3) is 3.01. The third-order valence-corrected chi connectivity index (χ3v) is 3.00. The van der Waals surface area contributed by atoms with Crippen molar-refractivity contribution >= 4 is 0 Å². The predicted octanol–water partition coefficient (Wildman–Crippen LogP) is 2.40. The number of halogens is 2. The zero-order chi connectivity index (χ0) is 12.4. The molecule has 94 valence electrons. The maximum absolute atomic E-state index is 13.8. The van der Waals surface area contributed by atoms with Gasteiger partial charge in [0.15, 0.2) is 0 Å². The molecule has 1 N–H and O–H groups in total. The van der Waals surface area contributed by atoms with Gasteiger partial charge in [-0.25, -0.2) is 0 Å². The summed E-state index contributed by atoms with van der Waals surface area (Å²) < 4.78 is 32.6. The molecule has 0 spiro atoms. The molecule has 4 heteroatoms. The zero-order valence-corrected chi connectivity index (χ0v) is 9.88. The molecule has 1 fully saturated rings. The summed E-state index contributed by atoms with van der Waals surface area (Å²) in [5, 5.41) is 2.84. The molecule has 1 aromatic carbocycles. The Balaban J connectivity index is 1.85. The first kappa shape index (κ1) is 12.5. The lowest BCUT2D eigenvalue weighted by Gasteiger charge is -2.38. The van der Waals surface area contributed by atoms with Crippen LogP contribution in [0.15, 0.2) is 30.3 Å². The van der Waals surface area contributed by atoms with Crippen LogP contribution in [0.4, 0.5) is 8.78 Å². The van der Waals surface area contributed by atoms with E-state index in [0.29, 0.717) is 19.8 Å². The Hall–Kier alpha value is -1.00. The summed E-state index contributed by atoms with van der Waals surface area (Å²) in [5.74, 6) is -2.82. The van der Waals surface area contributed by atoms with Gasteiger partial charge in [0.1, 0.15) is 0 Å². The summed E-state index contributed by atoms with van der Waals surface area (Å²) in [7, 11) is 0. The second-order valence-corrected chi connectivity index (χ2v) is 4.98. The van der Waals surface area contributed by atoms with Crippen LogP contribution in [0.25, 0.3) is 0 Å².